The molecule has 1 N–H and O–H groups in total. The first-order valence-electron chi connectivity index (χ1n) is 9.77. The van der Waals surface area contributed by atoms with E-state index in [1.807, 2.05) is 79.7 Å². The second-order valence-electron chi connectivity index (χ2n) is 7.12. The molecule has 1 unspecified atom stereocenters. The molecule has 0 fully saturated rings. The van der Waals surface area contributed by atoms with Gasteiger partial charge in [0.2, 0.25) is 0 Å². The highest BCUT2D eigenvalue weighted by Gasteiger charge is 2.14. The highest BCUT2D eigenvalue weighted by molar-refractivity contribution is 5.86. The molecule has 0 aliphatic rings. The highest BCUT2D eigenvalue weighted by Crippen LogP contribution is 2.30. The van der Waals surface area contributed by atoms with Crippen LogP contribution in [0.15, 0.2) is 97.1 Å². The second kappa shape index (κ2) is 8.65. The molecule has 1 atom stereocenters. The van der Waals surface area contributed by atoms with E-state index in [0.29, 0.717) is 17.1 Å². The lowest BCUT2D eigenvalue weighted by atomic mass is 9.99. The molecule has 0 heterocycles. The van der Waals surface area contributed by atoms with Gasteiger partial charge in [-0.05, 0) is 41.5 Å². The average molecular weight is 391 g/mol. The Kier molecular flexibility index (Phi) is 5.61. The summed E-state index contributed by atoms with van der Waals surface area (Å²) in [5, 5.41) is 22.6. The lowest BCUT2D eigenvalue weighted by Gasteiger charge is -2.16. The van der Waals surface area contributed by atoms with Crippen molar-refractivity contribution >= 4 is 16.5 Å². The van der Waals surface area contributed by atoms with Crippen LogP contribution < -0.4 is 4.74 Å². The summed E-state index contributed by atoms with van der Waals surface area (Å²) in [6, 6.07) is 31.0. The van der Waals surface area contributed by atoms with Crippen LogP contribution in [0.5, 0.6) is 5.75 Å². The number of aliphatic hydroxyl groups is 1. The summed E-state index contributed by atoms with van der Waals surface area (Å²) in [6.07, 6.45) is 0.822. The number of nitriles is 1. The van der Waals surface area contributed by atoms with Gasteiger partial charge >= 0.3 is 0 Å². The molecule has 0 aliphatic carbocycles. The molecule has 0 saturated carbocycles. The number of para-hydroxylation sites is 1. The van der Waals surface area contributed by atoms with Gasteiger partial charge in [-0.1, -0.05) is 84.4 Å². The summed E-state index contributed by atoms with van der Waals surface area (Å²) >= 11 is 0. The van der Waals surface area contributed by atoms with Crippen LogP contribution in [-0.4, -0.2) is 5.11 Å². The standard InChI is InChI=1S/C27H21NO2/c1-19-13-15-21(16-14-19)27(30-26-12-5-3-8-22(26)18-28)17-25(29)24-11-6-9-20-7-2-4-10-23(20)24/h2-17,25,29H,1H3/b27-17-. The predicted molar refractivity (Wildman–Crippen MR) is 120 cm³/mol. The van der Waals surface area contributed by atoms with E-state index >= 15 is 0 Å². The van der Waals surface area contributed by atoms with Crippen molar-refractivity contribution in [3.8, 4) is 11.8 Å². The fourth-order valence-electron chi connectivity index (χ4n) is 3.42. The molecule has 0 bridgehead atoms. The molecule has 0 radical (unpaired) electrons. The van der Waals surface area contributed by atoms with Crippen molar-refractivity contribution in [2.75, 3.05) is 0 Å². The molecular formula is C27H21NO2. The fourth-order valence-corrected chi connectivity index (χ4v) is 3.42. The highest BCUT2D eigenvalue weighted by atomic mass is 16.5. The number of aryl methyl sites for hydroxylation is 1. The van der Waals surface area contributed by atoms with Gasteiger partial charge in [-0.25, -0.2) is 0 Å². The van der Waals surface area contributed by atoms with E-state index in [0.717, 1.165) is 27.5 Å². The molecule has 0 aliphatic heterocycles. The summed E-state index contributed by atoms with van der Waals surface area (Å²) in [5.41, 5.74) is 3.20. The number of fused-ring (bicyclic) bond motifs is 1. The smallest absolute Gasteiger partial charge is 0.145 e. The number of hydrogen-bond donors (Lipinski definition) is 1. The Bertz CT molecular complexity index is 1240. The zero-order chi connectivity index (χ0) is 20.9. The number of benzene rings is 4. The summed E-state index contributed by atoms with van der Waals surface area (Å²) in [7, 11) is 0. The largest absolute Gasteiger partial charge is 0.456 e. The summed E-state index contributed by atoms with van der Waals surface area (Å²) < 4.78 is 6.15. The first-order chi connectivity index (χ1) is 14.7. The SMILES string of the molecule is Cc1ccc(/C(=C/C(O)c2cccc3ccccc23)Oc2ccccc2C#N)cc1. The number of ether oxygens (including phenoxy) is 1. The molecular weight excluding hydrogens is 370 g/mol. The van der Waals surface area contributed by atoms with Gasteiger partial charge < -0.3 is 9.84 Å². The van der Waals surface area contributed by atoms with Crippen LogP contribution in [0.4, 0.5) is 0 Å². The average Bonchev–Trinajstić information content (AvgIpc) is 2.79. The van der Waals surface area contributed by atoms with Gasteiger partial charge in [-0.2, -0.15) is 5.26 Å². The molecule has 30 heavy (non-hydrogen) atoms. The Morgan fingerprint density at radius 2 is 1.60 bits per heavy atom. The number of rotatable bonds is 5. The van der Waals surface area contributed by atoms with Crippen molar-refractivity contribution in [2.24, 2.45) is 0 Å². The van der Waals surface area contributed by atoms with Gasteiger partial charge in [0.1, 0.15) is 23.7 Å². The maximum atomic E-state index is 11.1. The van der Waals surface area contributed by atoms with E-state index in [1.54, 1.807) is 24.3 Å². The lowest BCUT2D eigenvalue weighted by Crippen LogP contribution is -2.02. The summed E-state index contributed by atoms with van der Waals surface area (Å²) in [5.74, 6) is 0.954. The minimum atomic E-state index is -0.873. The number of aliphatic hydroxyl groups excluding tert-OH is 1. The molecule has 0 amide bonds. The number of nitrogens with zero attached hydrogens (tertiary/aromatic N) is 1. The van der Waals surface area contributed by atoms with Crippen molar-refractivity contribution < 1.29 is 9.84 Å². The third kappa shape index (κ3) is 4.10. The zero-order valence-electron chi connectivity index (χ0n) is 16.6. The third-order valence-electron chi connectivity index (χ3n) is 5.01. The molecule has 4 rings (SSSR count). The molecule has 146 valence electrons. The zero-order valence-corrected chi connectivity index (χ0v) is 16.6. The lowest BCUT2D eigenvalue weighted by molar-refractivity contribution is 0.228. The van der Waals surface area contributed by atoms with Crippen molar-refractivity contribution in [2.45, 2.75) is 13.0 Å². The van der Waals surface area contributed by atoms with Crippen LogP contribution in [0.2, 0.25) is 0 Å². The van der Waals surface area contributed by atoms with E-state index in [4.69, 9.17) is 4.74 Å². The molecule has 3 nitrogen and oxygen atoms in total. The van der Waals surface area contributed by atoms with Gasteiger partial charge in [0.25, 0.3) is 0 Å². The summed E-state index contributed by atoms with van der Waals surface area (Å²) in [4.78, 5) is 0. The second-order valence-corrected chi connectivity index (χ2v) is 7.12. The molecule has 4 aromatic carbocycles. The summed E-state index contributed by atoms with van der Waals surface area (Å²) in [6.45, 7) is 2.02. The minimum absolute atomic E-state index is 0.440. The van der Waals surface area contributed by atoms with E-state index < -0.39 is 6.10 Å². The Labute approximate surface area is 176 Å². The van der Waals surface area contributed by atoms with Crippen molar-refractivity contribution in [3.63, 3.8) is 0 Å². The molecule has 4 aromatic rings. The van der Waals surface area contributed by atoms with Gasteiger partial charge in [0, 0.05) is 5.56 Å². The van der Waals surface area contributed by atoms with Crippen LogP contribution in [0, 0.1) is 18.3 Å². The Morgan fingerprint density at radius 1 is 0.900 bits per heavy atom. The minimum Gasteiger partial charge on any atom is -0.456 e. The van der Waals surface area contributed by atoms with Gasteiger partial charge in [0.05, 0.1) is 5.56 Å². The Hall–Kier alpha value is -3.87. The maximum absolute atomic E-state index is 11.1. The predicted octanol–water partition coefficient (Wildman–Crippen LogP) is 6.17. The van der Waals surface area contributed by atoms with Crippen LogP contribution >= 0.6 is 0 Å². The Morgan fingerprint density at radius 3 is 2.40 bits per heavy atom. The van der Waals surface area contributed by atoms with Gasteiger partial charge in [-0.3, -0.25) is 0 Å². The van der Waals surface area contributed by atoms with Crippen LogP contribution in [0.25, 0.3) is 16.5 Å². The molecule has 0 aromatic heterocycles. The molecule has 3 heteroatoms. The molecule has 0 spiro atoms. The van der Waals surface area contributed by atoms with E-state index in [1.165, 1.54) is 0 Å². The van der Waals surface area contributed by atoms with Gasteiger partial charge in [-0.15, -0.1) is 0 Å². The first-order valence-corrected chi connectivity index (χ1v) is 9.77. The van der Waals surface area contributed by atoms with Crippen LogP contribution in [0.1, 0.15) is 28.4 Å². The van der Waals surface area contributed by atoms with Crippen LogP contribution in [-0.2, 0) is 0 Å². The van der Waals surface area contributed by atoms with Crippen molar-refractivity contribution in [1.29, 1.82) is 5.26 Å². The Balaban J connectivity index is 1.79. The maximum Gasteiger partial charge on any atom is 0.145 e. The van der Waals surface area contributed by atoms with Gasteiger partial charge in [0.15, 0.2) is 0 Å². The fraction of sp³-hybridized carbons (Fsp3) is 0.0741. The number of hydrogen-bond acceptors (Lipinski definition) is 3. The van der Waals surface area contributed by atoms with E-state index in [9.17, 15) is 10.4 Å². The first kappa shape index (κ1) is 19.4. The van der Waals surface area contributed by atoms with Crippen molar-refractivity contribution in [3.05, 3.63) is 119 Å². The third-order valence-corrected chi connectivity index (χ3v) is 5.01. The monoisotopic (exact) mass is 391 g/mol. The van der Waals surface area contributed by atoms with Crippen LogP contribution in [0.3, 0.4) is 0 Å². The molecule has 0 saturated heterocycles. The van der Waals surface area contributed by atoms with E-state index in [-0.39, 0.29) is 0 Å². The normalized spacial score (nSPS) is 12.4. The quantitative estimate of drug-likeness (QED) is 0.414. The van der Waals surface area contributed by atoms with Crippen molar-refractivity contribution in [1.82, 2.24) is 0 Å². The van der Waals surface area contributed by atoms with E-state index in [2.05, 4.69) is 6.07 Å². The topological polar surface area (TPSA) is 53.2 Å².